The molecule has 0 aromatic heterocycles. The van der Waals surface area contributed by atoms with Gasteiger partial charge in [-0.1, -0.05) is 17.7 Å². The van der Waals surface area contributed by atoms with Crippen LogP contribution in [0.15, 0.2) is 17.0 Å². The van der Waals surface area contributed by atoms with E-state index in [4.69, 9.17) is 0 Å². The van der Waals surface area contributed by atoms with E-state index in [9.17, 15) is 39.6 Å². The molecule has 0 unspecified atom stereocenters. The van der Waals surface area contributed by atoms with Gasteiger partial charge >= 0.3 is 18.4 Å². The number of aryl methyl sites for hydroxylation is 3. The molecule has 1 aromatic carbocycles. The highest BCUT2D eigenvalue weighted by molar-refractivity contribution is 7.89. The minimum Gasteiger partial charge on any atom is -0.324 e. The number of nitrogens with one attached hydrogen (secondary N) is 2. The number of benzene rings is 1. The summed E-state index contributed by atoms with van der Waals surface area (Å²) < 4.78 is 99.2. The first kappa shape index (κ1) is 27.0. The Morgan fingerprint density at radius 3 is 1.71 bits per heavy atom. The second-order valence-corrected chi connectivity index (χ2v) is 8.81. The summed E-state index contributed by atoms with van der Waals surface area (Å²) in [5.41, 5.74) is 3.51. The Balaban J connectivity index is 2.86. The fourth-order valence-corrected chi connectivity index (χ4v) is 4.38. The van der Waals surface area contributed by atoms with E-state index < -0.39 is 67.2 Å². The lowest BCUT2D eigenvalue weighted by molar-refractivity contribution is -0.136. The van der Waals surface area contributed by atoms with Crippen LogP contribution in [0.25, 0.3) is 0 Å². The van der Waals surface area contributed by atoms with Crippen molar-refractivity contribution < 1.29 is 39.6 Å². The Bertz CT molecular complexity index is 826. The van der Waals surface area contributed by atoms with Gasteiger partial charge < -0.3 is 4.90 Å². The summed E-state index contributed by atoms with van der Waals surface area (Å²) in [5, 5.41) is 0. The predicted octanol–water partition coefficient (Wildman–Crippen LogP) is 4.50. The van der Waals surface area contributed by atoms with Crippen molar-refractivity contribution in [3.63, 3.8) is 0 Å². The monoisotopic (exact) mass is 477 g/mol. The molecule has 0 spiro atoms. The summed E-state index contributed by atoms with van der Waals surface area (Å²) in [7, 11) is -4.22. The lowest BCUT2D eigenvalue weighted by Crippen LogP contribution is -2.49. The zero-order valence-corrected chi connectivity index (χ0v) is 18.1. The number of nitrogens with zero attached hydrogens (tertiary/aromatic N) is 1. The Morgan fingerprint density at radius 1 is 0.903 bits per heavy atom. The zero-order valence-electron chi connectivity index (χ0n) is 17.2. The molecular weight excluding hydrogens is 452 g/mol. The summed E-state index contributed by atoms with van der Waals surface area (Å²) >= 11 is 0. The number of hydrogen-bond acceptors (Lipinski definition) is 3. The van der Waals surface area contributed by atoms with E-state index in [1.807, 2.05) is 10.3 Å². The molecular formula is C18H25F6N3O3S. The number of halogens is 6. The standard InChI is InChI=1S/C18H25F6N3O3S/c1-12-10-13(2)15(14(3)11-12)31(29,30)26-25-16(28)27(8-4-6-17(19,20)21)9-5-7-18(22,23)24/h10-11,26H,4-9H2,1-3H3,(H,25,28). The second kappa shape index (κ2) is 10.5. The Morgan fingerprint density at radius 2 is 1.32 bits per heavy atom. The zero-order chi connectivity index (χ0) is 24.0. The van der Waals surface area contributed by atoms with Crippen LogP contribution in [0.4, 0.5) is 31.1 Å². The summed E-state index contributed by atoms with van der Waals surface area (Å²) in [6, 6.07) is 2.09. The summed E-state index contributed by atoms with van der Waals surface area (Å²) in [6.45, 7) is 3.89. The Hall–Kier alpha value is -2.02. The van der Waals surface area contributed by atoms with E-state index in [0.717, 1.165) is 10.5 Å². The normalized spacial score (nSPS) is 12.7. The molecule has 0 bridgehead atoms. The molecule has 0 atom stereocenters. The fraction of sp³-hybridized carbons (Fsp3) is 0.611. The first-order valence-electron chi connectivity index (χ1n) is 9.30. The number of alkyl halides is 6. The van der Waals surface area contributed by atoms with Crippen molar-refractivity contribution >= 4 is 16.1 Å². The smallest absolute Gasteiger partial charge is 0.324 e. The van der Waals surface area contributed by atoms with Crippen LogP contribution >= 0.6 is 0 Å². The van der Waals surface area contributed by atoms with Gasteiger partial charge in [0.05, 0.1) is 4.90 Å². The fourth-order valence-electron chi connectivity index (χ4n) is 3.09. The molecule has 2 amide bonds. The summed E-state index contributed by atoms with van der Waals surface area (Å²) in [5.74, 6) is 0. The van der Waals surface area contributed by atoms with Crippen molar-refractivity contribution in [3.05, 3.63) is 28.8 Å². The number of urea groups is 1. The van der Waals surface area contributed by atoms with Crippen LogP contribution in [0.1, 0.15) is 42.4 Å². The van der Waals surface area contributed by atoms with E-state index in [1.54, 1.807) is 32.9 Å². The Labute approximate surface area is 177 Å². The van der Waals surface area contributed by atoms with Crippen LogP contribution in [0.2, 0.25) is 0 Å². The molecule has 0 aliphatic heterocycles. The molecule has 0 saturated carbocycles. The summed E-state index contributed by atoms with van der Waals surface area (Å²) in [4.78, 5) is 14.8. The molecule has 13 heteroatoms. The molecule has 0 saturated heterocycles. The van der Waals surface area contributed by atoms with Gasteiger partial charge in [-0.25, -0.2) is 13.2 Å². The van der Waals surface area contributed by atoms with Crippen LogP contribution in [0.5, 0.6) is 0 Å². The van der Waals surface area contributed by atoms with Gasteiger partial charge in [0.15, 0.2) is 0 Å². The van der Waals surface area contributed by atoms with E-state index in [1.165, 1.54) is 0 Å². The highest BCUT2D eigenvalue weighted by atomic mass is 32.2. The van der Waals surface area contributed by atoms with Gasteiger partial charge in [0.1, 0.15) is 0 Å². The maximum Gasteiger partial charge on any atom is 0.389 e. The lowest BCUT2D eigenvalue weighted by atomic mass is 10.1. The van der Waals surface area contributed by atoms with Gasteiger partial charge in [-0.15, -0.1) is 4.83 Å². The Kier molecular flexibility index (Phi) is 9.18. The molecule has 0 aliphatic rings. The van der Waals surface area contributed by atoms with Crippen LogP contribution in [-0.4, -0.2) is 44.8 Å². The van der Waals surface area contributed by atoms with Gasteiger partial charge in [0.25, 0.3) is 10.0 Å². The summed E-state index contributed by atoms with van der Waals surface area (Å²) in [6.07, 6.45) is -12.5. The number of amides is 2. The van der Waals surface area contributed by atoms with E-state index in [2.05, 4.69) is 0 Å². The lowest BCUT2D eigenvalue weighted by Gasteiger charge is -2.24. The molecule has 0 aliphatic carbocycles. The van der Waals surface area contributed by atoms with E-state index >= 15 is 0 Å². The van der Waals surface area contributed by atoms with Gasteiger partial charge in [0, 0.05) is 25.9 Å². The highest BCUT2D eigenvalue weighted by Crippen LogP contribution is 2.24. The number of hydrogen-bond donors (Lipinski definition) is 2. The third kappa shape index (κ3) is 9.76. The number of hydrazine groups is 1. The van der Waals surface area contributed by atoms with Crippen LogP contribution in [0.3, 0.4) is 0 Å². The van der Waals surface area contributed by atoms with E-state index in [-0.39, 0.29) is 4.90 Å². The maximum atomic E-state index is 12.6. The quantitative estimate of drug-likeness (QED) is 0.406. The molecule has 2 N–H and O–H groups in total. The van der Waals surface area contributed by atoms with Crippen LogP contribution in [0, 0.1) is 20.8 Å². The van der Waals surface area contributed by atoms with Crippen molar-refractivity contribution in [2.24, 2.45) is 0 Å². The maximum absolute atomic E-state index is 12.6. The van der Waals surface area contributed by atoms with Crippen molar-refractivity contribution in [3.8, 4) is 0 Å². The molecule has 178 valence electrons. The third-order valence-corrected chi connectivity index (χ3v) is 5.78. The largest absolute Gasteiger partial charge is 0.389 e. The van der Waals surface area contributed by atoms with Crippen molar-refractivity contribution in [2.45, 2.75) is 63.7 Å². The topological polar surface area (TPSA) is 78.5 Å². The number of rotatable bonds is 9. The number of sulfonamides is 1. The third-order valence-electron chi connectivity index (χ3n) is 4.23. The molecule has 1 aromatic rings. The first-order chi connectivity index (χ1) is 14.0. The number of carbonyl (C=O) groups is 1. The van der Waals surface area contributed by atoms with Gasteiger partial charge in [-0.3, -0.25) is 5.43 Å². The predicted molar refractivity (Wildman–Crippen MR) is 102 cm³/mol. The average Bonchev–Trinajstić information content (AvgIpc) is 2.55. The number of carbonyl (C=O) groups excluding carboxylic acids is 1. The van der Waals surface area contributed by atoms with Gasteiger partial charge in [-0.2, -0.15) is 26.3 Å². The molecule has 0 radical (unpaired) electrons. The molecule has 31 heavy (non-hydrogen) atoms. The minimum atomic E-state index is -4.49. The molecule has 0 heterocycles. The second-order valence-electron chi connectivity index (χ2n) is 7.19. The SMILES string of the molecule is Cc1cc(C)c(S(=O)(=O)NNC(=O)N(CCCC(F)(F)F)CCCC(F)(F)F)c(C)c1. The van der Waals surface area contributed by atoms with Crippen LogP contribution < -0.4 is 10.3 Å². The van der Waals surface area contributed by atoms with Crippen molar-refractivity contribution in [1.82, 2.24) is 15.2 Å². The average molecular weight is 477 g/mol. The first-order valence-corrected chi connectivity index (χ1v) is 10.8. The van der Waals surface area contributed by atoms with Crippen molar-refractivity contribution in [1.29, 1.82) is 0 Å². The van der Waals surface area contributed by atoms with Crippen molar-refractivity contribution in [2.75, 3.05) is 13.1 Å². The van der Waals surface area contributed by atoms with Crippen LogP contribution in [-0.2, 0) is 10.0 Å². The minimum absolute atomic E-state index is 0.0842. The van der Waals surface area contributed by atoms with Gasteiger partial charge in [-0.05, 0) is 44.7 Å². The molecule has 0 fully saturated rings. The molecule has 1 rings (SSSR count). The highest BCUT2D eigenvalue weighted by Gasteiger charge is 2.29. The van der Waals surface area contributed by atoms with E-state index in [0.29, 0.717) is 11.1 Å². The molecule has 6 nitrogen and oxygen atoms in total. The van der Waals surface area contributed by atoms with Gasteiger partial charge in [0.2, 0.25) is 0 Å².